The summed E-state index contributed by atoms with van der Waals surface area (Å²) < 4.78 is 42.7. The van der Waals surface area contributed by atoms with E-state index in [9.17, 15) is 22.8 Å². The van der Waals surface area contributed by atoms with Crippen molar-refractivity contribution in [2.45, 2.75) is 13.1 Å². The quantitative estimate of drug-likeness (QED) is 0.862. The van der Waals surface area contributed by atoms with Crippen LogP contribution in [0.5, 0.6) is 5.75 Å². The maximum atomic E-state index is 12.5. The van der Waals surface area contributed by atoms with Crippen molar-refractivity contribution in [3.63, 3.8) is 0 Å². The van der Waals surface area contributed by atoms with Crippen molar-refractivity contribution in [3.05, 3.63) is 59.7 Å². The number of nitrogens with zero attached hydrogens (tertiary/aromatic N) is 2. The van der Waals surface area contributed by atoms with E-state index in [1.54, 1.807) is 29.2 Å². The molecule has 28 heavy (non-hydrogen) atoms. The number of amides is 2. The second kappa shape index (κ2) is 7.71. The second-order valence-electron chi connectivity index (χ2n) is 5.99. The lowest BCUT2D eigenvalue weighted by Crippen LogP contribution is -2.32. The highest BCUT2D eigenvalue weighted by Crippen LogP contribution is 2.29. The van der Waals surface area contributed by atoms with E-state index in [0.717, 1.165) is 24.3 Å². The average Bonchev–Trinajstić information content (AvgIpc) is 3.12. The minimum absolute atomic E-state index is 0.104. The lowest BCUT2D eigenvalue weighted by molar-refractivity contribution is -0.137. The molecular formula is C19H16F3N3O3. The SMILES string of the molecule is CC(=O)N1CCN=C1c1ccc(OC(=O)Nc2ccc(C(F)(F)F)cc2)cc1. The van der Waals surface area contributed by atoms with E-state index in [-0.39, 0.29) is 17.3 Å². The third-order valence-electron chi connectivity index (χ3n) is 4.00. The van der Waals surface area contributed by atoms with Crippen LogP contribution < -0.4 is 10.1 Å². The zero-order valence-corrected chi connectivity index (χ0v) is 14.8. The summed E-state index contributed by atoms with van der Waals surface area (Å²) in [6.07, 6.45) is -5.28. The molecule has 1 heterocycles. The number of amidine groups is 1. The van der Waals surface area contributed by atoms with E-state index in [1.807, 2.05) is 0 Å². The van der Waals surface area contributed by atoms with Gasteiger partial charge in [0.1, 0.15) is 11.6 Å². The minimum atomic E-state index is -4.44. The Labute approximate surface area is 158 Å². The summed E-state index contributed by atoms with van der Waals surface area (Å²) in [5.74, 6) is 0.696. The van der Waals surface area contributed by atoms with Gasteiger partial charge < -0.3 is 4.74 Å². The molecule has 2 aromatic carbocycles. The number of hydrogen-bond acceptors (Lipinski definition) is 4. The molecule has 0 aromatic heterocycles. The van der Waals surface area contributed by atoms with Crippen molar-refractivity contribution in [2.24, 2.45) is 4.99 Å². The molecule has 0 saturated carbocycles. The minimum Gasteiger partial charge on any atom is -0.410 e. The third kappa shape index (κ3) is 4.48. The number of alkyl halides is 3. The molecule has 3 rings (SSSR count). The first-order chi connectivity index (χ1) is 13.2. The predicted octanol–water partition coefficient (Wildman–Crippen LogP) is 3.93. The Morgan fingerprint density at radius 1 is 1.07 bits per heavy atom. The summed E-state index contributed by atoms with van der Waals surface area (Å²) in [5, 5.41) is 2.36. The van der Waals surface area contributed by atoms with Gasteiger partial charge in [0.05, 0.1) is 12.1 Å². The zero-order valence-electron chi connectivity index (χ0n) is 14.8. The fourth-order valence-corrected chi connectivity index (χ4v) is 2.67. The van der Waals surface area contributed by atoms with Crippen molar-refractivity contribution in [2.75, 3.05) is 18.4 Å². The largest absolute Gasteiger partial charge is 0.417 e. The number of aliphatic imine (C=N–C) groups is 1. The van der Waals surface area contributed by atoms with Gasteiger partial charge in [-0.15, -0.1) is 0 Å². The molecule has 0 unspecified atom stereocenters. The highest BCUT2D eigenvalue weighted by Gasteiger charge is 2.30. The topological polar surface area (TPSA) is 71.0 Å². The Hall–Kier alpha value is -3.36. The molecule has 146 valence electrons. The number of carbonyl (C=O) groups is 2. The summed E-state index contributed by atoms with van der Waals surface area (Å²) in [7, 11) is 0. The maximum absolute atomic E-state index is 12.5. The van der Waals surface area contributed by atoms with Crippen molar-refractivity contribution in [1.29, 1.82) is 0 Å². The number of halogens is 3. The van der Waals surface area contributed by atoms with Crippen LogP contribution in [0.15, 0.2) is 53.5 Å². The van der Waals surface area contributed by atoms with E-state index in [2.05, 4.69) is 10.3 Å². The van der Waals surface area contributed by atoms with E-state index < -0.39 is 17.8 Å². The lowest BCUT2D eigenvalue weighted by Gasteiger charge is -2.16. The lowest BCUT2D eigenvalue weighted by atomic mass is 10.2. The van der Waals surface area contributed by atoms with Gasteiger partial charge >= 0.3 is 12.3 Å². The summed E-state index contributed by atoms with van der Waals surface area (Å²) in [6, 6.07) is 10.4. The van der Waals surface area contributed by atoms with Crippen LogP contribution in [0, 0.1) is 0 Å². The molecule has 0 spiro atoms. The summed E-state index contributed by atoms with van der Waals surface area (Å²) >= 11 is 0. The van der Waals surface area contributed by atoms with Gasteiger partial charge in [0.25, 0.3) is 0 Å². The molecule has 0 atom stereocenters. The number of carbonyl (C=O) groups excluding carboxylic acids is 2. The van der Waals surface area contributed by atoms with Gasteiger partial charge in [0.2, 0.25) is 5.91 Å². The van der Waals surface area contributed by atoms with Gasteiger partial charge in [0.15, 0.2) is 0 Å². The van der Waals surface area contributed by atoms with Gasteiger partial charge in [-0.25, -0.2) is 4.79 Å². The van der Waals surface area contributed by atoms with Gasteiger partial charge in [-0.2, -0.15) is 13.2 Å². The highest BCUT2D eigenvalue weighted by molar-refractivity contribution is 6.08. The fraction of sp³-hybridized carbons (Fsp3) is 0.211. The van der Waals surface area contributed by atoms with Crippen LogP contribution in [0.25, 0.3) is 0 Å². The second-order valence-corrected chi connectivity index (χ2v) is 5.99. The van der Waals surface area contributed by atoms with Crippen LogP contribution in [0.2, 0.25) is 0 Å². The van der Waals surface area contributed by atoms with Crippen molar-refractivity contribution >= 4 is 23.5 Å². The summed E-state index contributed by atoms with van der Waals surface area (Å²) in [5.41, 5.74) is 0.0756. The molecule has 0 saturated heterocycles. The zero-order chi connectivity index (χ0) is 20.3. The molecule has 0 aliphatic carbocycles. The molecule has 0 radical (unpaired) electrons. The van der Waals surface area contributed by atoms with E-state index >= 15 is 0 Å². The Bertz CT molecular complexity index is 907. The van der Waals surface area contributed by atoms with Gasteiger partial charge in [0, 0.05) is 24.7 Å². The molecule has 2 amide bonds. The Morgan fingerprint density at radius 2 is 1.71 bits per heavy atom. The summed E-state index contributed by atoms with van der Waals surface area (Å²) in [6.45, 7) is 2.52. The molecule has 1 aliphatic rings. The molecule has 0 fully saturated rings. The molecule has 6 nitrogen and oxygen atoms in total. The van der Waals surface area contributed by atoms with Crippen molar-refractivity contribution < 1.29 is 27.5 Å². The number of nitrogens with one attached hydrogen (secondary N) is 1. The first-order valence-electron chi connectivity index (χ1n) is 8.33. The fourth-order valence-electron chi connectivity index (χ4n) is 2.67. The van der Waals surface area contributed by atoms with E-state index in [0.29, 0.717) is 24.5 Å². The van der Waals surface area contributed by atoms with Crippen LogP contribution >= 0.6 is 0 Å². The van der Waals surface area contributed by atoms with Crippen LogP contribution in [0.1, 0.15) is 18.1 Å². The number of ether oxygens (including phenoxy) is 1. The third-order valence-corrected chi connectivity index (χ3v) is 4.00. The smallest absolute Gasteiger partial charge is 0.410 e. The average molecular weight is 391 g/mol. The van der Waals surface area contributed by atoms with Crippen LogP contribution in [-0.2, 0) is 11.0 Å². The van der Waals surface area contributed by atoms with Crippen LogP contribution in [-0.4, -0.2) is 35.8 Å². The Balaban J connectivity index is 1.61. The highest BCUT2D eigenvalue weighted by atomic mass is 19.4. The first-order valence-corrected chi connectivity index (χ1v) is 8.33. The monoisotopic (exact) mass is 391 g/mol. The maximum Gasteiger partial charge on any atom is 0.417 e. The normalized spacial score (nSPS) is 13.9. The molecule has 9 heteroatoms. The standard InChI is InChI=1S/C19H16F3N3O3/c1-12(26)25-11-10-23-17(25)13-2-8-16(9-3-13)28-18(27)24-15-6-4-14(5-7-15)19(20,21)22/h2-9H,10-11H2,1H3,(H,24,27). The molecular weight excluding hydrogens is 375 g/mol. The molecule has 0 bridgehead atoms. The van der Waals surface area contributed by atoms with Gasteiger partial charge in [-0.1, -0.05) is 0 Å². The number of benzene rings is 2. The molecule has 1 aliphatic heterocycles. The van der Waals surface area contributed by atoms with E-state index in [4.69, 9.17) is 4.74 Å². The Morgan fingerprint density at radius 3 is 2.29 bits per heavy atom. The summed E-state index contributed by atoms with van der Waals surface area (Å²) in [4.78, 5) is 29.4. The van der Waals surface area contributed by atoms with Gasteiger partial charge in [-0.3, -0.25) is 20.0 Å². The Kier molecular flexibility index (Phi) is 5.34. The molecule has 2 aromatic rings. The van der Waals surface area contributed by atoms with Crippen LogP contribution in [0.3, 0.4) is 0 Å². The molecule has 1 N–H and O–H groups in total. The van der Waals surface area contributed by atoms with Crippen LogP contribution in [0.4, 0.5) is 23.7 Å². The number of rotatable bonds is 3. The van der Waals surface area contributed by atoms with E-state index in [1.165, 1.54) is 6.92 Å². The number of hydrogen-bond donors (Lipinski definition) is 1. The van der Waals surface area contributed by atoms with Crippen molar-refractivity contribution in [3.8, 4) is 5.75 Å². The predicted molar refractivity (Wildman–Crippen MR) is 96.3 cm³/mol. The van der Waals surface area contributed by atoms with Crippen molar-refractivity contribution in [1.82, 2.24) is 4.90 Å². The van der Waals surface area contributed by atoms with Gasteiger partial charge in [-0.05, 0) is 48.5 Å². The first kappa shape index (κ1) is 19.4. The number of anilines is 1.